The van der Waals surface area contributed by atoms with Gasteiger partial charge in [-0.05, 0) is 38.8 Å². The largest absolute Gasteiger partial charge is 0.337 e. The minimum absolute atomic E-state index is 0. The summed E-state index contributed by atoms with van der Waals surface area (Å²) in [5.41, 5.74) is 0.478. The van der Waals surface area contributed by atoms with Crippen LogP contribution in [-0.4, -0.2) is 52.0 Å². The number of rotatable bonds is 7. The summed E-state index contributed by atoms with van der Waals surface area (Å²) in [6.45, 7) is 9.92. The highest BCUT2D eigenvalue weighted by Crippen LogP contribution is 2.18. The standard InChI is InChI=1S/C16H29N5O.ClH/c1-4-13(5-2)11-20(6-3)16(22)15-12-21(19-18-15)14-7-9-17-10-8-14;/h12-14,17H,4-11H2,1-3H3;1H. The summed E-state index contributed by atoms with van der Waals surface area (Å²) in [7, 11) is 0. The number of piperidine rings is 1. The van der Waals surface area contributed by atoms with Crippen LogP contribution in [0.25, 0.3) is 0 Å². The number of nitrogens with zero attached hydrogens (tertiary/aromatic N) is 4. The molecule has 0 aromatic carbocycles. The lowest BCUT2D eigenvalue weighted by molar-refractivity contribution is 0.0729. The van der Waals surface area contributed by atoms with Crippen molar-refractivity contribution in [3.05, 3.63) is 11.9 Å². The van der Waals surface area contributed by atoms with Crippen LogP contribution in [0.2, 0.25) is 0 Å². The van der Waals surface area contributed by atoms with E-state index in [-0.39, 0.29) is 18.3 Å². The fourth-order valence-corrected chi connectivity index (χ4v) is 3.00. The van der Waals surface area contributed by atoms with Crippen LogP contribution < -0.4 is 5.32 Å². The van der Waals surface area contributed by atoms with Crippen molar-refractivity contribution in [2.45, 2.75) is 52.5 Å². The van der Waals surface area contributed by atoms with E-state index in [4.69, 9.17) is 0 Å². The second-order valence-electron chi connectivity index (χ2n) is 6.09. The maximum Gasteiger partial charge on any atom is 0.276 e. The molecule has 0 unspecified atom stereocenters. The smallest absolute Gasteiger partial charge is 0.276 e. The first kappa shape index (κ1) is 19.9. The molecule has 6 nitrogen and oxygen atoms in total. The van der Waals surface area contributed by atoms with Crippen molar-refractivity contribution < 1.29 is 4.79 Å². The van der Waals surface area contributed by atoms with Crippen LogP contribution in [0, 0.1) is 5.92 Å². The van der Waals surface area contributed by atoms with E-state index < -0.39 is 0 Å². The van der Waals surface area contributed by atoms with Crippen molar-refractivity contribution in [2.24, 2.45) is 5.92 Å². The zero-order valence-electron chi connectivity index (χ0n) is 14.5. The van der Waals surface area contributed by atoms with Gasteiger partial charge in [0.25, 0.3) is 5.91 Å². The second-order valence-corrected chi connectivity index (χ2v) is 6.09. The quantitative estimate of drug-likeness (QED) is 0.826. The number of hydrogen-bond acceptors (Lipinski definition) is 4. The number of amides is 1. The van der Waals surface area contributed by atoms with Crippen LogP contribution in [0.1, 0.15) is 63.0 Å². The topological polar surface area (TPSA) is 63.1 Å². The van der Waals surface area contributed by atoms with Crippen molar-refractivity contribution >= 4 is 18.3 Å². The molecule has 23 heavy (non-hydrogen) atoms. The van der Waals surface area contributed by atoms with E-state index >= 15 is 0 Å². The van der Waals surface area contributed by atoms with Gasteiger partial charge in [0.1, 0.15) is 0 Å². The van der Waals surface area contributed by atoms with Crippen LogP contribution >= 0.6 is 12.4 Å². The van der Waals surface area contributed by atoms with E-state index in [2.05, 4.69) is 29.5 Å². The number of carbonyl (C=O) groups excluding carboxylic acids is 1. The Morgan fingerprint density at radius 1 is 1.35 bits per heavy atom. The Kier molecular flexibility index (Phi) is 8.55. The predicted octanol–water partition coefficient (Wildman–Crippen LogP) is 2.52. The lowest BCUT2D eigenvalue weighted by Gasteiger charge is -2.24. The summed E-state index contributed by atoms with van der Waals surface area (Å²) in [5.74, 6) is 0.568. The molecule has 0 spiro atoms. The molecule has 1 N–H and O–H groups in total. The average molecular weight is 344 g/mol. The van der Waals surface area contributed by atoms with E-state index in [1.54, 1.807) is 0 Å². The average Bonchev–Trinajstić information content (AvgIpc) is 3.06. The highest BCUT2D eigenvalue weighted by molar-refractivity contribution is 5.91. The summed E-state index contributed by atoms with van der Waals surface area (Å²) in [6, 6.07) is 0.365. The molecular formula is C16H30ClN5O. The lowest BCUT2D eigenvalue weighted by Crippen LogP contribution is -2.35. The molecule has 0 atom stereocenters. The zero-order valence-corrected chi connectivity index (χ0v) is 15.3. The molecule has 2 heterocycles. The van der Waals surface area contributed by atoms with Gasteiger partial charge < -0.3 is 10.2 Å². The zero-order chi connectivity index (χ0) is 15.9. The fraction of sp³-hybridized carbons (Fsp3) is 0.812. The molecule has 0 saturated carbocycles. The number of hydrogen-bond donors (Lipinski definition) is 1. The molecule has 1 aliphatic heterocycles. The lowest BCUT2D eigenvalue weighted by atomic mass is 10.0. The van der Waals surface area contributed by atoms with Gasteiger partial charge in [-0.2, -0.15) is 0 Å². The van der Waals surface area contributed by atoms with Crippen molar-refractivity contribution in [3.63, 3.8) is 0 Å². The summed E-state index contributed by atoms with van der Waals surface area (Å²) in [6.07, 6.45) is 6.11. The van der Waals surface area contributed by atoms with Crippen molar-refractivity contribution in [2.75, 3.05) is 26.2 Å². The number of aromatic nitrogens is 3. The van der Waals surface area contributed by atoms with Crippen molar-refractivity contribution in [1.82, 2.24) is 25.2 Å². The third kappa shape index (κ3) is 5.18. The van der Waals surface area contributed by atoms with Crippen LogP contribution in [-0.2, 0) is 0 Å². The van der Waals surface area contributed by atoms with Gasteiger partial charge in [0.15, 0.2) is 5.69 Å². The second kappa shape index (κ2) is 9.88. The van der Waals surface area contributed by atoms with E-state index in [9.17, 15) is 4.79 Å². The Balaban J connectivity index is 0.00000264. The Morgan fingerprint density at radius 3 is 2.57 bits per heavy atom. The van der Waals surface area contributed by atoms with Gasteiger partial charge in [-0.15, -0.1) is 17.5 Å². The Morgan fingerprint density at radius 2 is 2.00 bits per heavy atom. The number of nitrogens with one attached hydrogen (secondary N) is 1. The predicted molar refractivity (Wildman–Crippen MR) is 94.1 cm³/mol. The van der Waals surface area contributed by atoms with Gasteiger partial charge in [0.05, 0.1) is 12.2 Å². The molecule has 7 heteroatoms. The molecule has 0 bridgehead atoms. The molecule has 132 valence electrons. The minimum Gasteiger partial charge on any atom is -0.337 e. The van der Waals surface area contributed by atoms with Gasteiger partial charge in [-0.1, -0.05) is 31.9 Å². The van der Waals surface area contributed by atoms with Gasteiger partial charge in [0, 0.05) is 13.1 Å². The molecule has 1 aromatic heterocycles. The highest BCUT2D eigenvalue weighted by Gasteiger charge is 2.22. The normalized spacial score (nSPS) is 15.5. The summed E-state index contributed by atoms with van der Waals surface area (Å²) >= 11 is 0. The number of halogens is 1. The molecule has 2 rings (SSSR count). The monoisotopic (exact) mass is 343 g/mol. The first-order chi connectivity index (χ1) is 10.7. The molecule has 0 aliphatic carbocycles. The van der Waals surface area contributed by atoms with Crippen LogP contribution in [0.4, 0.5) is 0 Å². The van der Waals surface area contributed by atoms with Gasteiger partial charge in [-0.3, -0.25) is 4.79 Å². The van der Waals surface area contributed by atoms with Gasteiger partial charge in [-0.25, -0.2) is 4.68 Å². The van der Waals surface area contributed by atoms with Crippen LogP contribution in [0.15, 0.2) is 6.20 Å². The minimum atomic E-state index is 0. The van der Waals surface area contributed by atoms with E-state index in [0.717, 1.165) is 51.9 Å². The molecule has 0 radical (unpaired) electrons. The Bertz CT molecular complexity index is 469. The fourth-order valence-electron chi connectivity index (χ4n) is 3.00. The first-order valence-corrected chi connectivity index (χ1v) is 8.61. The number of carbonyl (C=O) groups is 1. The third-order valence-electron chi connectivity index (χ3n) is 4.71. The maximum absolute atomic E-state index is 12.6. The highest BCUT2D eigenvalue weighted by atomic mass is 35.5. The molecule has 1 amide bonds. The summed E-state index contributed by atoms with van der Waals surface area (Å²) in [4.78, 5) is 14.5. The summed E-state index contributed by atoms with van der Waals surface area (Å²) in [5, 5.41) is 11.6. The molecule has 1 aliphatic rings. The van der Waals surface area contributed by atoms with E-state index in [1.807, 2.05) is 22.7 Å². The van der Waals surface area contributed by atoms with Gasteiger partial charge >= 0.3 is 0 Å². The molecule has 1 saturated heterocycles. The van der Waals surface area contributed by atoms with E-state index in [1.165, 1.54) is 0 Å². The van der Waals surface area contributed by atoms with E-state index in [0.29, 0.717) is 17.7 Å². The molecule has 1 fully saturated rings. The molecule has 1 aromatic rings. The van der Waals surface area contributed by atoms with Gasteiger partial charge in [0.2, 0.25) is 0 Å². The van der Waals surface area contributed by atoms with Crippen molar-refractivity contribution in [1.29, 1.82) is 0 Å². The van der Waals surface area contributed by atoms with Crippen molar-refractivity contribution in [3.8, 4) is 0 Å². The molecular weight excluding hydrogens is 314 g/mol. The Hall–Kier alpha value is -1.14. The Labute approximate surface area is 145 Å². The SMILES string of the molecule is CCC(CC)CN(CC)C(=O)c1cn(C2CCNCC2)nn1.Cl. The van der Waals surface area contributed by atoms with Crippen LogP contribution in [0.3, 0.4) is 0 Å². The summed E-state index contributed by atoms with van der Waals surface area (Å²) < 4.78 is 1.87. The van der Waals surface area contributed by atoms with Crippen LogP contribution in [0.5, 0.6) is 0 Å². The maximum atomic E-state index is 12.6. The first-order valence-electron chi connectivity index (χ1n) is 8.61. The third-order valence-corrected chi connectivity index (χ3v) is 4.71.